The molecule has 0 atom stereocenters. The zero-order valence-corrected chi connectivity index (χ0v) is 18.0. The van der Waals surface area contributed by atoms with E-state index in [-0.39, 0.29) is 41.0 Å². The van der Waals surface area contributed by atoms with E-state index in [1.165, 1.54) is 22.5 Å². The molecule has 1 saturated heterocycles. The third-order valence-electron chi connectivity index (χ3n) is 4.74. The molecule has 0 aliphatic carbocycles. The van der Waals surface area contributed by atoms with E-state index < -0.39 is 15.8 Å². The van der Waals surface area contributed by atoms with Gasteiger partial charge in [0.2, 0.25) is 10.0 Å². The molecule has 0 radical (unpaired) electrons. The molecule has 2 aromatic rings. The van der Waals surface area contributed by atoms with E-state index in [4.69, 9.17) is 11.6 Å². The van der Waals surface area contributed by atoms with Crippen LogP contribution in [0.5, 0.6) is 0 Å². The fourth-order valence-corrected chi connectivity index (χ4v) is 4.66. The summed E-state index contributed by atoms with van der Waals surface area (Å²) in [6, 6.07) is 11.0. The highest BCUT2D eigenvalue weighted by atomic mass is 35.5. The fraction of sp³-hybridized carbons (Fsp3) is 0.300. The lowest BCUT2D eigenvalue weighted by Crippen LogP contribution is -2.50. The summed E-state index contributed by atoms with van der Waals surface area (Å²) in [6.07, 6.45) is 1.15. The lowest BCUT2D eigenvalue weighted by Gasteiger charge is -2.33. The van der Waals surface area contributed by atoms with Gasteiger partial charge in [-0.1, -0.05) is 35.4 Å². The van der Waals surface area contributed by atoms with Crippen LogP contribution in [0.4, 0.5) is 4.39 Å². The minimum atomic E-state index is -3.55. The predicted octanol–water partition coefficient (Wildman–Crippen LogP) is 2.24. The summed E-state index contributed by atoms with van der Waals surface area (Å²) in [7, 11) is -3.55. The predicted molar refractivity (Wildman–Crippen MR) is 114 cm³/mol. The van der Waals surface area contributed by atoms with Gasteiger partial charge in [-0.2, -0.15) is 9.41 Å². The summed E-state index contributed by atoms with van der Waals surface area (Å²) in [5.74, 6) is -0.917. The van der Waals surface area contributed by atoms with Crippen molar-refractivity contribution < 1.29 is 17.6 Å². The van der Waals surface area contributed by atoms with Gasteiger partial charge in [0.05, 0.1) is 22.7 Å². The fourth-order valence-electron chi connectivity index (χ4n) is 3.03. The first-order valence-corrected chi connectivity index (χ1v) is 11.1. The first-order valence-electron chi connectivity index (χ1n) is 9.32. The van der Waals surface area contributed by atoms with E-state index in [0.29, 0.717) is 13.1 Å². The Morgan fingerprint density at radius 1 is 1.17 bits per heavy atom. The number of carbonyl (C=O) groups is 1. The number of amides is 1. The van der Waals surface area contributed by atoms with Crippen molar-refractivity contribution >= 4 is 33.7 Å². The van der Waals surface area contributed by atoms with E-state index in [1.807, 2.05) is 11.8 Å². The number of aryl methyl sites for hydroxylation is 1. The molecule has 0 bridgehead atoms. The Balaban J connectivity index is 1.50. The quantitative estimate of drug-likeness (QED) is 0.538. The second kappa shape index (κ2) is 9.65. The molecule has 1 N–H and O–H groups in total. The molecule has 10 heteroatoms. The number of nitrogens with zero attached hydrogens (tertiary/aromatic N) is 3. The van der Waals surface area contributed by atoms with Crippen molar-refractivity contribution in [3.05, 3.63) is 64.4 Å². The molecule has 1 amide bonds. The number of rotatable bonds is 6. The second-order valence-corrected chi connectivity index (χ2v) is 9.27. The molecule has 30 heavy (non-hydrogen) atoms. The Hall–Kier alpha value is -2.33. The summed E-state index contributed by atoms with van der Waals surface area (Å²) in [4.78, 5) is 14.2. The van der Waals surface area contributed by atoms with Crippen molar-refractivity contribution in [2.45, 2.75) is 11.8 Å². The SMILES string of the molecule is Cc1ccc(S(=O)(=O)N2CCN(CC(=O)N/N=C/c3c(F)cccc3Cl)CC2)cc1. The van der Waals surface area contributed by atoms with Crippen molar-refractivity contribution in [2.24, 2.45) is 5.10 Å². The van der Waals surface area contributed by atoms with Gasteiger partial charge in [-0.25, -0.2) is 18.2 Å². The zero-order chi connectivity index (χ0) is 21.7. The van der Waals surface area contributed by atoms with Crippen LogP contribution in [0.1, 0.15) is 11.1 Å². The Kier molecular flexibility index (Phi) is 7.19. The molecule has 0 saturated carbocycles. The van der Waals surface area contributed by atoms with Gasteiger partial charge in [0.25, 0.3) is 5.91 Å². The molecular weight excluding hydrogens is 431 g/mol. The van der Waals surface area contributed by atoms with Crippen LogP contribution >= 0.6 is 11.6 Å². The summed E-state index contributed by atoms with van der Waals surface area (Å²) in [6.45, 7) is 3.37. The molecule has 0 aromatic heterocycles. The van der Waals surface area contributed by atoms with E-state index in [1.54, 1.807) is 24.3 Å². The monoisotopic (exact) mass is 452 g/mol. The van der Waals surface area contributed by atoms with Crippen molar-refractivity contribution in [3.8, 4) is 0 Å². The number of carbonyl (C=O) groups excluding carboxylic acids is 1. The smallest absolute Gasteiger partial charge is 0.254 e. The third kappa shape index (κ3) is 5.42. The molecule has 2 aromatic carbocycles. The van der Waals surface area contributed by atoms with Crippen LogP contribution in [-0.4, -0.2) is 62.5 Å². The van der Waals surface area contributed by atoms with E-state index >= 15 is 0 Å². The Labute approximate surface area is 180 Å². The van der Waals surface area contributed by atoms with E-state index in [0.717, 1.165) is 11.8 Å². The first-order chi connectivity index (χ1) is 14.3. The lowest BCUT2D eigenvalue weighted by molar-refractivity contribution is -0.122. The van der Waals surface area contributed by atoms with Crippen LogP contribution < -0.4 is 5.43 Å². The Morgan fingerprint density at radius 2 is 1.83 bits per heavy atom. The highest BCUT2D eigenvalue weighted by Crippen LogP contribution is 2.18. The molecule has 0 unspecified atom stereocenters. The number of hydrogen-bond acceptors (Lipinski definition) is 5. The van der Waals surface area contributed by atoms with Gasteiger partial charge < -0.3 is 0 Å². The largest absolute Gasteiger partial charge is 0.292 e. The van der Waals surface area contributed by atoms with Gasteiger partial charge >= 0.3 is 0 Å². The van der Waals surface area contributed by atoms with Gasteiger partial charge in [-0.3, -0.25) is 9.69 Å². The normalized spacial score (nSPS) is 16.1. The number of nitrogens with one attached hydrogen (secondary N) is 1. The Bertz CT molecular complexity index is 1020. The molecule has 1 aliphatic heterocycles. The lowest BCUT2D eigenvalue weighted by atomic mass is 10.2. The van der Waals surface area contributed by atoms with Crippen LogP contribution in [0.15, 0.2) is 52.5 Å². The zero-order valence-electron chi connectivity index (χ0n) is 16.4. The average molecular weight is 453 g/mol. The summed E-state index contributed by atoms with van der Waals surface area (Å²) < 4.78 is 40.5. The van der Waals surface area contributed by atoms with Gasteiger partial charge in [-0.15, -0.1) is 0 Å². The minimum Gasteiger partial charge on any atom is -0.292 e. The standard InChI is InChI=1S/C20H22ClFN4O3S/c1-15-5-7-16(8-6-15)30(28,29)26-11-9-25(10-12-26)14-20(27)24-23-13-17-18(21)3-2-4-19(17)22/h2-8,13H,9-12,14H2,1H3,(H,24,27)/b23-13+. The van der Waals surface area contributed by atoms with E-state index in [9.17, 15) is 17.6 Å². The van der Waals surface area contributed by atoms with Gasteiger partial charge in [0.1, 0.15) is 5.82 Å². The molecule has 160 valence electrons. The van der Waals surface area contributed by atoms with Crippen LogP contribution in [0.3, 0.4) is 0 Å². The van der Waals surface area contributed by atoms with Gasteiger partial charge in [-0.05, 0) is 31.2 Å². The van der Waals surface area contributed by atoms with Crippen LogP contribution in [-0.2, 0) is 14.8 Å². The van der Waals surface area contributed by atoms with Crippen molar-refractivity contribution in [1.29, 1.82) is 0 Å². The molecule has 1 heterocycles. The Morgan fingerprint density at radius 3 is 2.47 bits per heavy atom. The molecule has 0 spiro atoms. The number of hydrogen-bond donors (Lipinski definition) is 1. The van der Waals surface area contributed by atoms with Crippen LogP contribution in [0.25, 0.3) is 0 Å². The highest BCUT2D eigenvalue weighted by molar-refractivity contribution is 7.89. The number of hydrazone groups is 1. The topological polar surface area (TPSA) is 82.1 Å². The average Bonchev–Trinajstić information content (AvgIpc) is 2.71. The maximum atomic E-state index is 13.7. The molecule has 3 rings (SSSR count). The number of sulfonamides is 1. The minimum absolute atomic E-state index is 0.0563. The van der Waals surface area contributed by atoms with Crippen molar-refractivity contribution in [2.75, 3.05) is 32.7 Å². The number of piperazine rings is 1. The van der Waals surface area contributed by atoms with Gasteiger partial charge in [0, 0.05) is 31.7 Å². The molecular formula is C20H22ClFN4O3S. The van der Waals surface area contributed by atoms with Crippen molar-refractivity contribution in [3.63, 3.8) is 0 Å². The number of halogens is 2. The van der Waals surface area contributed by atoms with Crippen LogP contribution in [0.2, 0.25) is 5.02 Å². The van der Waals surface area contributed by atoms with Crippen LogP contribution in [0, 0.1) is 12.7 Å². The van der Waals surface area contributed by atoms with Gasteiger partial charge in [0.15, 0.2) is 0 Å². The summed E-state index contributed by atoms with van der Waals surface area (Å²) in [5, 5.41) is 3.94. The summed E-state index contributed by atoms with van der Waals surface area (Å²) >= 11 is 5.90. The maximum absolute atomic E-state index is 13.7. The maximum Gasteiger partial charge on any atom is 0.254 e. The second-order valence-electron chi connectivity index (χ2n) is 6.92. The first kappa shape index (κ1) is 22.4. The number of benzene rings is 2. The molecule has 1 fully saturated rings. The molecule has 7 nitrogen and oxygen atoms in total. The van der Waals surface area contributed by atoms with E-state index in [2.05, 4.69) is 10.5 Å². The summed E-state index contributed by atoms with van der Waals surface area (Å²) in [5.41, 5.74) is 3.42. The van der Waals surface area contributed by atoms with Crippen molar-refractivity contribution in [1.82, 2.24) is 14.6 Å². The third-order valence-corrected chi connectivity index (χ3v) is 6.98. The highest BCUT2D eigenvalue weighted by Gasteiger charge is 2.28. The molecule has 1 aliphatic rings.